The van der Waals surface area contributed by atoms with Gasteiger partial charge in [0.1, 0.15) is 0 Å². The largest absolute Gasteiger partial charge is 0.573 e. The van der Waals surface area contributed by atoms with Crippen LogP contribution in [-0.4, -0.2) is 11.3 Å². The highest BCUT2D eigenvalue weighted by molar-refractivity contribution is 5.39. The molecule has 0 atom stereocenters. The van der Waals surface area contributed by atoms with Crippen LogP contribution in [0, 0.1) is 0 Å². The third-order valence-corrected chi connectivity index (χ3v) is 1.70. The number of pyridine rings is 1. The summed E-state index contributed by atoms with van der Waals surface area (Å²) >= 11 is 0. The average molecular weight is 281 g/mol. The number of hydrogen-bond acceptors (Lipinski definition) is 2. The predicted octanol–water partition coefficient (Wildman–Crippen LogP) is 3.94. The zero-order valence-corrected chi connectivity index (χ0v) is 8.11. The zero-order chi connectivity index (χ0) is 14.1. The molecule has 0 spiro atoms. The van der Waals surface area contributed by atoms with Crippen LogP contribution in [-0.2, 0) is 6.18 Å². The fraction of sp³-hybridized carbons (Fsp3) is 0.375. The molecule has 0 saturated heterocycles. The van der Waals surface area contributed by atoms with Crippen molar-refractivity contribution in [3.05, 3.63) is 23.5 Å². The predicted molar refractivity (Wildman–Crippen MR) is 40.9 cm³/mol. The second kappa shape index (κ2) is 4.58. The molecule has 0 aliphatic carbocycles. The summed E-state index contributed by atoms with van der Waals surface area (Å²) < 4.78 is 100. The highest BCUT2D eigenvalue weighted by Crippen LogP contribution is 2.41. The van der Waals surface area contributed by atoms with Gasteiger partial charge in [0, 0.05) is 6.20 Å². The lowest BCUT2D eigenvalue weighted by Crippen LogP contribution is -2.20. The molecular formula is C8H3F8NO. The Morgan fingerprint density at radius 2 is 1.56 bits per heavy atom. The van der Waals surface area contributed by atoms with E-state index in [9.17, 15) is 35.1 Å². The van der Waals surface area contributed by atoms with Crippen LogP contribution >= 0.6 is 0 Å². The molecule has 0 radical (unpaired) electrons. The van der Waals surface area contributed by atoms with Crippen LogP contribution in [0.5, 0.6) is 5.75 Å². The minimum Gasteiger partial charge on any atom is -0.404 e. The summed E-state index contributed by atoms with van der Waals surface area (Å²) in [6.45, 7) is 0. The molecule has 1 heterocycles. The zero-order valence-electron chi connectivity index (χ0n) is 8.11. The van der Waals surface area contributed by atoms with Gasteiger partial charge in [-0.1, -0.05) is 0 Å². The van der Waals surface area contributed by atoms with E-state index < -0.39 is 35.8 Å². The molecule has 102 valence electrons. The Balaban J connectivity index is 3.36. The summed E-state index contributed by atoms with van der Waals surface area (Å²) in [6.07, 6.45) is -14.3. The van der Waals surface area contributed by atoms with E-state index in [4.69, 9.17) is 0 Å². The van der Waals surface area contributed by atoms with Gasteiger partial charge in [-0.3, -0.25) is 4.98 Å². The van der Waals surface area contributed by atoms with Gasteiger partial charge in [-0.25, -0.2) is 8.78 Å². The molecule has 1 aromatic heterocycles. The van der Waals surface area contributed by atoms with Crippen LogP contribution in [0.25, 0.3) is 0 Å². The first kappa shape index (κ1) is 14.5. The van der Waals surface area contributed by atoms with Gasteiger partial charge in [0.15, 0.2) is 5.75 Å². The minimum absolute atomic E-state index is 0.00469. The maximum absolute atomic E-state index is 12.4. The topological polar surface area (TPSA) is 22.1 Å². The van der Waals surface area contributed by atoms with E-state index in [1.165, 1.54) is 0 Å². The molecule has 0 fully saturated rings. The number of alkyl halides is 8. The first-order valence-electron chi connectivity index (χ1n) is 4.11. The van der Waals surface area contributed by atoms with Crippen molar-refractivity contribution in [1.29, 1.82) is 0 Å². The summed E-state index contributed by atoms with van der Waals surface area (Å²) in [4.78, 5) is 2.80. The monoisotopic (exact) mass is 281 g/mol. The molecule has 0 amide bonds. The van der Waals surface area contributed by atoms with E-state index >= 15 is 0 Å². The SMILES string of the molecule is FC(F)c1c(OC(F)(F)F)cncc1C(F)(F)F. The van der Waals surface area contributed by atoms with Crippen LogP contribution < -0.4 is 4.74 Å². The van der Waals surface area contributed by atoms with Gasteiger partial charge < -0.3 is 4.74 Å². The molecule has 0 N–H and O–H groups in total. The van der Waals surface area contributed by atoms with E-state index in [0.29, 0.717) is 0 Å². The molecule has 1 rings (SSSR count). The summed E-state index contributed by atoms with van der Waals surface area (Å²) in [5.41, 5.74) is -3.87. The number of halogens is 8. The van der Waals surface area contributed by atoms with Crippen LogP contribution in [0.3, 0.4) is 0 Å². The molecule has 10 heteroatoms. The number of aromatic nitrogens is 1. The normalized spacial score (nSPS) is 12.9. The third-order valence-electron chi connectivity index (χ3n) is 1.70. The van der Waals surface area contributed by atoms with E-state index in [1.807, 2.05) is 0 Å². The van der Waals surface area contributed by atoms with Gasteiger partial charge in [0.25, 0.3) is 6.43 Å². The summed E-state index contributed by atoms with van der Waals surface area (Å²) in [5.74, 6) is -1.67. The van der Waals surface area contributed by atoms with Gasteiger partial charge in [0.05, 0.1) is 17.3 Å². The molecule has 0 bridgehead atoms. The smallest absolute Gasteiger partial charge is 0.404 e. The van der Waals surface area contributed by atoms with E-state index in [2.05, 4.69) is 9.72 Å². The molecule has 2 nitrogen and oxygen atoms in total. The Hall–Kier alpha value is -1.61. The van der Waals surface area contributed by atoms with Gasteiger partial charge in [-0.05, 0) is 0 Å². The quantitative estimate of drug-likeness (QED) is 0.766. The first-order chi connectivity index (χ1) is 8.02. The molecule has 0 aliphatic rings. The summed E-state index contributed by atoms with van der Waals surface area (Å²) in [5, 5.41) is 0. The van der Waals surface area contributed by atoms with Crippen LogP contribution in [0.2, 0.25) is 0 Å². The minimum atomic E-state index is -5.39. The van der Waals surface area contributed by atoms with Gasteiger partial charge >= 0.3 is 12.5 Å². The van der Waals surface area contributed by atoms with Gasteiger partial charge in [-0.15, -0.1) is 13.2 Å². The summed E-state index contributed by atoms with van der Waals surface area (Å²) in [6, 6.07) is 0. The van der Waals surface area contributed by atoms with E-state index in [1.54, 1.807) is 0 Å². The molecular weight excluding hydrogens is 278 g/mol. The van der Waals surface area contributed by atoms with Gasteiger partial charge in [0.2, 0.25) is 0 Å². The van der Waals surface area contributed by atoms with Crippen LogP contribution in [0.1, 0.15) is 17.6 Å². The molecule has 0 saturated carbocycles. The van der Waals surface area contributed by atoms with Crippen molar-refractivity contribution >= 4 is 0 Å². The Kier molecular flexibility index (Phi) is 3.67. The molecule has 1 aromatic rings. The molecule has 0 unspecified atom stereocenters. The van der Waals surface area contributed by atoms with Crippen LogP contribution in [0.4, 0.5) is 35.1 Å². The fourth-order valence-corrected chi connectivity index (χ4v) is 1.11. The maximum atomic E-state index is 12.4. The summed E-state index contributed by atoms with van der Waals surface area (Å²) in [7, 11) is 0. The standard InChI is InChI=1S/C8H3F8NO/c9-6(10)5-3(7(11,12)13)1-17-2-4(5)18-8(14,15)16/h1-2,6H. The lowest BCUT2D eigenvalue weighted by Gasteiger charge is -2.16. The Morgan fingerprint density at radius 1 is 1.00 bits per heavy atom. The van der Waals surface area contributed by atoms with Crippen molar-refractivity contribution < 1.29 is 39.9 Å². The number of rotatable bonds is 2. The maximum Gasteiger partial charge on any atom is 0.573 e. The highest BCUT2D eigenvalue weighted by Gasteiger charge is 2.40. The van der Waals surface area contributed by atoms with Crippen molar-refractivity contribution in [3.63, 3.8) is 0 Å². The molecule has 18 heavy (non-hydrogen) atoms. The lowest BCUT2D eigenvalue weighted by atomic mass is 10.1. The van der Waals surface area contributed by atoms with Crippen molar-refractivity contribution in [1.82, 2.24) is 4.98 Å². The first-order valence-corrected chi connectivity index (χ1v) is 4.11. The van der Waals surface area contributed by atoms with Crippen molar-refractivity contribution in [2.75, 3.05) is 0 Å². The number of nitrogens with zero attached hydrogens (tertiary/aromatic N) is 1. The van der Waals surface area contributed by atoms with Gasteiger partial charge in [-0.2, -0.15) is 13.2 Å². The lowest BCUT2D eigenvalue weighted by molar-refractivity contribution is -0.275. The second-order valence-corrected chi connectivity index (χ2v) is 2.95. The molecule has 0 aromatic carbocycles. The van der Waals surface area contributed by atoms with E-state index in [-0.39, 0.29) is 12.4 Å². The van der Waals surface area contributed by atoms with Crippen molar-refractivity contribution in [2.45, 2.75) is 19.0 Å². The van der Waals surface area contributed by atoms with E-state index in [0.717, 1.165) is 0 Å². The van der Waals surface area contributed by atoms with Crippen LogP contribution in [0.15, 0.2) is 12.4 Å². The second-order valence-electron chi connectivity index (χ2n) is 2.95. The highest BCUT2D eigenvalue weighted by atomic mass is 19.4. The third kappa shape index (κ3) is 3.44. The average Bonchev–Trinajstić information content (AvgIpc) is 2.12. The molecule has 0 aliphatic heterocycles. The van der Waals surface area contributed by atoms with Crippen molar-refractivity contribution in [3.8, 4) is 5.75 Å². The Morgan fingerprint density at radius 3 is 1.94 bits per heavy atom. The van der Waals surface area contributed by atoms with Crippen molar-refractivity contribution in [2.24, 2.45) is 0 Å². The number of ether oxygens (including phenoxy) is 1. The fourth-order valence-electron chi connectivity index (χ4n) is 1.11. The Labute approximate surface area is 94.2 Å². The Bertz CT molecular complexity index is 424. The number of hydrogen-bond donors (Lipinski definition) is 0.